The number of carbonyl (C=O) groups is 1. The smallest absolute Gasteiger partial charge is 0.221 e. The maximum atomic E-state index is 13.2. The molecular formula is C22H23FN4O2. The van der Waals surface area contributed by atoms with Crippen molar-refractivity contribution in [1.82, 2.24) is 14.9 Å². The summed E-state index contributed by atoms with van der Waals surface area (Å²) in [6.45, 7) is 4.05. The zero-order valence-corrected chi connectivity index (χ0v) is 16.2. The highest BCUT2D eigenvalue weighted by Gasteiger charge is 2.22. The zero-order valence-electron chi connectivity index (χ0n) is 16.2. The van der Waals surface area contributed by atoms with E-state index in [9.17, 15) is 9.18 Å². The molecule has 2 N–H and O–H groups in total. The van der Waals surface area contributed by atoms with Gasteiger partial charge in [0.1, 0.15) is 18.2 Å². The van der Waals surface area contributed by atoms with Crippen molar-refractivity contribution >= 4 is 11.6 Å². The molecule has 1 amide bonds. The largest absolute Gasteiger partial charge is 0.367 e. The van der Waals surface area contributed by atoms with E-state index in [1.165, 1.54) is 19.1 Å². The molecule has 0 spiro atoms. The minimum absolute atomic E-state index is 0.0227. The van der Waals surface area contributed by atoms with Gasteiger partial charge < -0.3 is 19.9 Å². The standard InChI is InChI=1S/C22H23FN4O2/c1-15(28)26-19-8-2-16(3-9-19)10-24-11-20-13-27-21(12-25-22(27)14-29-20)17-4-6-18(23)7-5-17/h2-9,12,20,24H,10-11,13-14H2,1H3,(H,26,28)/t20-/m0/s1. The zero-order chi connectivity index (χ0) is 20.2. The maximum absolute atomic E-state index is 13.2. The second kappa shape index (κ2) is 8.55. The summed E-state index contributed by atoms with van der Waals surface area (Å²) in [5, 5.41) is 6.19. The third-order valence-corrected chi connectivity index (χ3v) is 4.89. The molecule has 1 aromatic heterocycles. The summed E-state index contributed by atoms with van der Waals surface area (Å²) in [7, 11) is 0. The molecule has 7 heteroatoms. The summed E-state index contributed by atoms with van der Waals surface area (Å²) in [6, 6.07) is 14.2. The highest BCUT2D eigenvalue weighted by Crippen LogP contribution is 2.25. The molecule has 6 nitrogen and oxygen atoms in total. The lowest BCUT2D eigenvalue weighted by atomic mass is 10.1. The van der Waals surface area contributed by atoms with Gasteiger partial charge in [0.25, 0.3) is 0 Å². The average Bonchev–Trinajstić information content (AvgIpc) is 3.13. The van der Waals surface area contributed by atoms with E-state index in [0.717, 1.165) is 28.3 Å². The molecule has 1 aliphatic heterocycles. The lowest BCUT2D eigenvalue weighted by molar-refractivity contribution is -0.114. The minimum atomic E-state index is -0.248. The van der Waals surface area contributed by atoms with Gasteiger partial charge in [-0.15, -0.1) is 0 Å². The van der Waals surface area contributed by atoms with Crippen LogP contribution in [0.5, 0.6) is 0 Å². The molecule has 0 radical (unpaired) electrons. The van der Waals surface area contributed by atoms with Crippen molar-refractivity contribution < 1.29 is 13.9 Å². The summed E-state index contributed by atoms with van der Waals surface area (Å²) < 4.78 is 21.3. The molecule has 2 heterocycles. The molecule has 0 saturated heterocycles. The fraction of sp³-hybridized carbons (Fsp3) is 0.273. The molecule has 0 saturated carbocycles. The van der Waals surface area contributed by atoms with E-state index in [1.54, 1.807) is 12.1 Å². The highest BCUT2D eigenvalue weighted by atomic mass is 19.1. The first kappa shape index (κ1) is 19.3. The number of rotatable bonds is 6. The second-order valence-electron chi connectivity index (χ2n) is 7.12. The Morgan fingerprint density at radius 2 is 1.97 bits per heavy atom. The number of nitrogens with one attached hydrogen (secondary N) is 2. The number of benzene rings is 2. The van der Waals surface area contributed by atoms with Crippen molar-refractivity contribution in [2.24, 2.45) is 0 Å². The Kier molecular flexibility index (Phi) is 5.69. The number of hydrogen-bond donors (Lipinski definition) is 2. The Morgan fingerprint density at radius 1 is 1.21 bits per heavy atom. The van der Waals surface area contributed by atoms with Gasteiger partial charge in [-0.3, -0.25) is 4.79 Å². The number of ether oxygens (including phenoxy) is 1. The fourth-order valence-electron chi connectivity index (χ4n) is 3.44. The van der Waals surface area contributed by atoms with E-state index < -0.39 is 0 Å². The molecule has 0 unspecified atom stereocenters. The number of hydrogen-bond acceptors (Lipinski definition) is 4. The lowest BCUT2D eigenvalue weighted by Gasteiger charge is -2.26. The SMILES string of the molecule is CC(=O)Nc1ccc(CNC[C@H]2Cn3c(-c4ccc(F)cc4)cnc3CO2)cc1. The van der Waals surface area contributed by atoms with Gasteiger partial charge in [-0.1, -0.05) is 12.1 Å². The van der Waals surface area contributed by atoms with Gasteiger partial charge in [0, 0.05) is 25.7 Å². The summed E-state index contributed by atoms with van der Waals surface area (Å²) in [5.74, 6) is 0.556. The molecule has 0 fully saturated rings. The Morgan fingerprint density at radius 3 is 2.69 bits per heavy atom. The van der Waals surface area contributed by atoms with Crippen LogP contribution in [0.3, 0.4) is 0 Å². The number of amides is 1. The van der Waals surface area contributed by atoms with Crippen molar-refractivity contribution in [1.29, 1.82) is 0 Å². The van der Waals surface area contributed by atoms with E-state index in [2.05, 4.69) is 20.2 Å². The van der Waals surface area contributed by atoms with Gasteiger partial charge in [-0.25, -0.2) is 9.37 Å². The Balaban J connectivity index is 1.34. The van der Waals surface area contributed by atoms with Crippen LogP contribution in [0, 0.1) is 5.82 Å². The number of halogens is 1. The molecule has 0 aliphatic carbocycles. The van der Waals surface area contributed by atoms with Gasteiger partial charge in [-0.2, -0.15) is 0 Å². The number of aromatic nitrogens is 2. The first-order valence-electron chi connectivity index (χ1n) is 9.57. The van der Waals surface area contributed by atoms with E-state index >= 15 is 0 Å². The van der Waals surface area contributed by atoms with Gasteiger partial charge in [0.2, 0.25) is 5.91 Å². The molecule has 150 valence electrons. The quantitative estimate of drug-likeness (QED) is 0.673. The van der Waals surface area contributed by atoms with Crippen molar-refractivity contribution in [3.8, 4) is 11.3 Å². The third-order valence-electron chi connectivity index (χ3n) is 4.89. The van der Waals surface area contributed by atoms with Gasteiger partial charge in [0.05, 0.1) is 24.5 Å². The fourth-order valence-corrected chi connectivity index (χ4v) is 3.44. The Bertz CT molecular complexity index is 983. The Labute approximate surface area is 168 Å². The normalized spacial score (nSPS) is 15.7. The number of imidazole rings is 1. The molecule has 29 heavy (non-hydrogen) atoms. The van der Waals surface area contributed by atoms with Crippen LogP contribution in [-0.2, 0) is 29.2 Å². The summed E-state index contributed by atoms with van der Waals surface area (Å²) in [5.41, 5.74) is 3.84. The summed E-state index contributed by atoms with van der Waals surface area (Å²) >= 11 is 0. The molecular weight excluding hydrogens is 371 g/mol. The first-order valence-corrected chi connectivity index (χ1v) is 9.57. The topological polar surface area (TPSA) is 68.2 Å². The van der Waals surface area contributed by atoms with Gasteiger partial charge in [0.15, 0.2) is 0 Å². The molecule has 1 aliphatic rings. The van der Waals surface area contributed by atoms with Crippen molar-refractivity contribution in [3.05, 3.63) is 71.9 Å². The minimum Gasteiger partial charge on any atom is -0.367 e. The van der Waals surface area contributed by atoms with Crippen LogP contribution in [0.1, 0.15) is 18.3 Å². The van der Waals surface area contributed by atoms with E-state index in [4.69, 9.17) is 4.74 Å². The predicted molar refractivity (Wildman–Crippen MR) is 109 cm³/mol. The first-order chi connectivity index (χ1) is 14.1. The van der Waals surface area contributed by atoms with Crippen molar-refractivity contribution in [2.45, 2.75) is 32.7 Å². The van der Waals surface area contributed by atoms with Crippen LogP contribution >= 0.6 is 0 Å². The van der Waals surface area contributed by atoms with E-state index in [1.807, 2.05) is 30.5 Å². The average molecular weight is 394 g/mol. The van der Waals surface area contributed by atoms with Crippen molar-refractivity contribution in [3.63, 3.8) is 0 Å². The number of nitrogens with zero attached hydrogens (tertiary/aromatic N) is 2. The summed E-state index contributed by atoms with van der Waals surface area (Å²) in [6.07, 6.45) is 1.84. The van der Waals surface area contributed by atoms with Crippen LogP contribution in [0.15, 0.2) is 54.7 Å². The molecule has 3 aromatic rings. The lowest BCUT2D eigenvalue weighted by Crippen LogP contribution is -2.36. The molecule has 0 bridgehead atoms. The van der Waals surface area contributed by atoms with E-state index in [-0.39, 0.29) is 17.8 Å². The molecule has 2 aromatic carbocycles. The predicted octanol–water partition coefficient (Wildman–Crippen LogP) is 3.34. The van der Waals surface area contributed by atoms with Crippen LogP contribution in [-0.4, -0.2) is 28.1 Å². The maximum Gasteiger partial charge on any atom is 0.221 e. The van der Waals surface area contributed by atoms with Crippen LogP contribution < -0.4 is 10.6 Å². The number of carbonyl (C=O) groups excluding carboxylic acids is 1. The van der Waals surface area contributed by atoms with Gasteiger partial charge in [-0.05, 0) is 47.5 Å². The summed E-state index contributed by atoms with van der Waals surface area (Å²) in [4.78, 5) is 15.5. The number of anilines is 1. The molecule has 1 atom stereocenters. The third kappa shape index (κ3) is 4.70. The molecule has 4 rings (SSSR count). The van der Waals surface area contributed by atoms with Gasteiger partial charge >= 0.3 is 0 Å². The number of fused-ring (bicyclic) bond motifs is 1. The van der Waals surface area contributed by atoms with Crippen LogP contribution in [0.2, 0.25) is 0 Å². The highest BCUT2D eigenvalue weighted by molar-refractivity contribution is 5.88. The van der Waals surface area contributed by atoms with E-state index in [0.29, 0.717) is 26.2 Å². The van der Waals surface area contributed by atoms with Crippen molar-refractivity contribution in [2.75, 3.05) is 11.9 Å². The van der Waals surface area contributed by atoms with Crippen LogP contribution in [0.4, 0.5) is 10.1 Å². The van der Waals surface area contributed by atoms with Crippen LogP contribution in [0.25, 0.3) is 11.3 Å². The second-order valence-corrected chi connectivity index (χ2v) is 7.12. The Hall–Kier alpha value is -3.03. The monoisotopic (exact) mass is 394 g/mol.